The molecule has 1 N–H and O–H groups in total. The number of carbonyl (C=O) groups is 4. The van der Waals surface area contributed by atoms with E-state index in [0.717, 1.165) is 0 Å². The van der Waals surface area contributed by atoms with E-state index in [9.17, 15) is 24.3 Å². The summed E-state index contributed by atoms with van der Waals surface area (Å²) in [5.74, 6) is -3.84. The van der Waals surface area contributed by atoms with Crippen molar-refractivity contribution >= 4 is 23.8 Å². The van der Waals surface area contributed by atoms with Crippen molar-refractivity contribution in [3.05, 3.63) is 24.5 Å². The number of aliphatic hydroxyl groups excluding tert-OH is 1. The van der Waals surface area contributed by atoms with Crippen LogP contribution >= 0.6 is 0 Å². The van der Waals surface area contributed by atoms with Crippen molar-refractivity contribution in [2.45, 2.75) is 198 Å². The standard InChI is InChI=1S/C43H68N8O10.5CH4/c1-13-34-43(9)37(50(41(56)61-43)20-15-14-19-49-24-32(46-47-49)31-17-16-18-44-45-31)29(6)51(30(7)52)23-25(2)22-42(8,57-12)38(27(4)35(53)28(5)39(55)59-34)60-40-36(54)33(48(10)11)21-26(3)58-40;;;;;/h16-18,24-29,33-34,36-38,40,54H,13-15,19-23H2,1-12H3;5*1H4/t25-,26?,27+,28-,29-,33?,34-,36?,37-,38-,40+,42-,43-;;;;;/m1...../s1. The molecule has 0 aromatic carbocycles. The smallest absolute Gasteiger partial charge is 0.410 e. The zero-order valence-electron chi connectivity index (χ0n) is 38.0. The Morgan fingerprint density at radius 3 is 2.21 bits per heavy atom. The highest BCUT2D eigenvalue weighted by Gasteiger charge is 2.60. The molecule has 5 heterocycles. The first-order valence-corrected chi connectivity index (χ1v) is 21.7. The van der Waals surface area contributed by atoms with Crippen molar-refractivity contribution in [2.24, 2.45) is 17.8 Å². The Morgan fingerprint density at radius 1 is 0.985 bits per heavy atom. The van der Waals surface area contributed by atoms with E-state index in [0.29, 0.717) is 43.6 Å². The van der Waals surface area contributed by atoms with E-state index < -0.39 is 77.6 Å². The molecular formula is C48H88N8O10. The predicted molar refractivity (Wildman–Crippen MR) is 256 cm³/mol. The van der Waals surface area contributed by atoms with Gasteiger partial charge in [0, 0.05) is 51.8 Å². The summed E-state index contributed by atoms with van der Waals surface area (Å²) >= 11 is 0. The number of likely N-dealkylation sites (N-methyl/N-ethyl adjacent to an activating group) is 1. The average molecular weight is 937 g/mol. The van der Waals surface area contributed by atoms with Gasteiger partial charge in [-0.2, -0.15) is 5.10 Å². The Balaban J connectivity index is 0.00000845. The Hall–Kier alpha value is -4.10. The number of aliphatic hydroxyl groups is 1. The molecule has 0 aliphatic carbocycles. The molecule has 2 aromatic rings. The van der Waals surface area contributed by atoms with Gasteiger partial charge in [-0.15, -0.1) is 10.2 Å². The molecule has 5 rings (SSSR count). The van der Waals surface area contributed by atoms with Gasteiger partial charge >= 0.3 is 12.1 Å². The van der Waals surface area contributed by atoms with Crippen LogP contribution < -0.4 is 0 Å². The maximum absolute atomic E-state index is 14.5. The van der Waals surface area contributed by atoms with Crippen LogP contribution in [0.25, 0.3) is 11.4 Å². The third-order valence-corrected chi connectivity index (χ3v) is 13.1. The van der Waals surface area contributed by atoms with Gasteiger partial charge in [-0.25, -0.2) is 4.79 Å². The minimum atomic E-state index is -1.40. The van der Waals surface area contributed by atoms with Crippen molar-refractivity contribution < 1.29 is 48.0 Å². The molecule has 0 radical (unpaired) electrons. The lowest BCUT2D eigenvalue weighted by Crippen LogP contribution is -2.62. The van der Waals surface area contributed by atoms with Gasteiger partial charge in [-0.3, -0.25) is 24.0 Å². The third kappa shape index (κ3) is 13.3. The fourth-order valence-corrected chi connectivity index (χ4v) is 9.73. The number of ether oxygens (including phenoxy) is 5. The van der Waals surface area contributed by atoms with Crippen LogP contribution in [-0.2, 0) is 44.6 Å². The average Bonchev–Trinajstić information content (AvgIpc) is 3.80. The number of hydrogen-bond acceptors (Lipinski definition) is 15. The highest BCUT2D eigenvalue weighted by Crippen LogP contribution is 2.41. The molecule has 380 valence electrons. The number of cyclic esters (lactones) is 1. The lowest BCUT2D eigenvalue weighted by molar-refractivity contribution is -0.295. The maximum atomic E-state index is 14.5. The Morgan fingerprint density at radius 2 is 1.64 bits per heavy atom. The van der Waals surface area contributed by atoms with Crippen molar-refractivity contribution in [2.75, 3.05) is 34.3 Å². The van der Waals surface area contributed by atoms with Crippen LogP contribution in [0.2, 0.25) is 0 Å². The molecule has 0 spiro atoms. The number of methoxy groups -OCH3 is 1. The van der Waals surface area contributed by atoms with Crippen LogP contribution in [0.5, 0.6) is 0 Å². The number of hydrogen-bond donors (Lipinski definition) is 1. The van der Waals surface area contributed by atoms with Crippen LogP contribution in [0.3, 0.4) is 0 Å². The summed E-state index contributed by atoms with van der Waals surface area (Å²) in [4.78, 5) is 61.6. The molecule has 0 saturated carbocycles. The zero-order valence-corrected chi connectivity index (χ0v) is 38.0. The first-order chi connectivity index (χ1) is 28.8. The van der Waals surface area contributed by atoms with E-state index >= 15 is 0 Å². The molecule has 18 nitrogen and oxygen atoms in total. The molecule has 2 amide bonds. The van der Waals surface area contributed by atoms with Crippen LogP contribution in [0, 0.1) is 17.8 Å². The number of carbonyl (C=O) groups excluding carboxylic acids is 4. The Kier molecular flexibility index (Phi) is 24.3. The molecular weight excluding hydrogens is 849 g/mol. The zero-order chi connectivity index (χ0) is 45.0. The van der Waals surface area contributed by atoms with Gasteiger partial charge in [0.2, 0.25) is 5.91 Å². The molecule has 3 saturated heterocycles. The monoisotopic (exact) mass is 937 g/mol. The molecule has 3 unspecified atom stereocenters. The van der Waals surface area contributed by atoms with Gasteiger partial charge in [-0.1, -0.05) is 63.1 Å². The number of Topliss-reactive ketones (excluding diaryl/α,β-unsaturated/α-hetero) is 1. The second-order valence-electron chi connectivity index (χ2n) is 18.0. The minimum Gasteiger partial charge on any atom is -0.458 e. The van der Waals surface area contributed by atoms with E-state index in [4.69, 9.17) is 23.7 Å². The van der Waals surface area contributed by atoms with Crippen molar-refractivity contribution in [1.29, 1.82) is 0 Å². The fraction of sp³-hybridized carbons (Fsp3) is 0.792. The molecule has 18 heteroatoms. The van der Waals surface area contributed by atoms with Crippen molar-refractivity contribution in [3.8, 4) is 11.4 Å². The number of fused-ring (bicyclic) bond motifs is 1. The molecule has 3 aliphatic rings. The molecule has 13 atom stereocenters. The first-order valence-electron chi connectivity index (χ1n) is 21.7. The molecule has 3 aliphatic heterocycles. The maximum Gasteiger partial charge on any atom is 0.410 e. The second kappa shape index (κ2) is 25.9. The number of aromatic nitrogens is 5. The number of rotatable bonds is 11. The normalized spacial score (nSPS) is 32.9. The summed E-state index contributed by atoms with van der Waals surface area (Å²) < 4.78 is 33.3. The van der Waals surface area contributed by atoms with Crippen LogP contribution in [0.15, 0.2) is 24.5 Å². The second-order valence-corrected chi connectivity index (χ2v) is 18.0. The van der Waals surface area contributed by atoms with Crippen LogP contribution in [0.1, 0.15) is 132 Å². The summed E-state index contributed by atoms with van der Waals surface area (Å²) in [6.07, 6.45) is 0.805. The summed E-state index contributed by atoms with van der Waals surface area (Å²) in [5, 5.41) is 28.0. The number of esters is 1. The Bertz CT molecular complexity index is 1820. The van der Waals surface area contributed by atoms with E-state index in [1.165, 1.54) is 21.0 Å². The highest BCUT2D eigenvalue weighted by atomic mass is 16.7. The minimum absolute atomic E-state index is 0. The molecule has 0 bridgehead atoms. The molecule has 66 heavy (non-hydrogen) atoms. The van der Waals surface area contributed by atoms with Crippen LogP contribution in [-0.4, -0.2) is 163 Å². The topological polar surface area (TPSA) is 201 Å². The van der Waals surface area contributed by atoms with Gasteiger partial charge in [0.25, 0.3) is 0 Å². The Labute approximate surface area is 396 Å². The summed E-state index contributed by atoms with van der Waals surface area (Å²) in [6.45, 7) is 17.0. The van der Waals surface area contributed by atoms with Crippen molar-refractivity contribution in [1.82, 2.24) is 39.9 Å². The summed E-state index contributed by atoms with van der Waals surface area (Å²) in [6, 6.07) is 1.97. The number of ketones is 1. The highest BCUT2D eigenvalue weighted by molar-refractivity contribution is 6.00. The van der Waals surface area contributed by atoms with Gasteiger partial charge in [0.05, 0.1) is 36.1 Å². The predicted octanol–water partition coefficient (Wildman–Crippen LogP) is 6.93. The lowest BCUT2D eigenvalue weighted by Gasteiger charge is -2.47. The quantitative estimate of drug-likeness (QED) is 0.138. The number of aryl methyl sites for hydroxylation is 1. The van der Waals surface area contributed by atoms with E-state index in [1.54, 1.807) is 52.9 Å². The first kappa shape index (κ1) is 61.9. The number of unbranched alkanes of at least 4 members (excludes halogenated alkanes) is 1. The number of amides is 2. The fourth-order valence-electron chi connectivity index (χ4n) is 9.73. The number of nitrogens with zero attached hydrogens (tertiary/aromatic N) is 8. The van der Waals surface area contributed by atoms with Gasteiger partial charge in [-0.05, 0) is 98.9 Å². The lowest BCUT2D eigenvalue weighted by atomic mass is 9.78. The molecule has 2 aromatic heterocycles. The van der Waals surface area contributed by atoms with Gasteiger partial charge in [0.15, 0.2) is 17.7 Å². The van der Waals surface area contributed by atoms with E-state index in [-0.39, 0.29) is 80.6 Å². The van der Waals surface area contributed by atoms with Gasteiger partial charge < -0.3 is 38.6 Å². The third-order valence-electron chi connectivity index (χ3n) is 13.1. The van der Waals surface area contributed by atoms with Crippen LogP contribution in [0.4, 0.5) is 4.79 Å². The van der Waals surface area contributed by atoms with E-state index in [2.05, 4.69) is 20.5 Å². The summed E-state index contributed by atoms with van der Waals surface area (Å²) in [5.41, 5.74) is -1.36. The van der Waals surface area contributed by atoms with E-state index in [1.807, 2.05) is 53.6 Å². The van der Waals surface area contributed by atoms with Crippen molar-refractivity contribution in [3.63, 3.8) is 0 Å². The SMILES string of the molecule is C.C.C.C.C.CC[C@H]1OC(=O)[C@H](C)C(=O)[C@H](C)[C@@H](O[C@@H]2OC(C)CC(N(C)C)C2O)[C@](C)(OC)C[C@@H](C)CN(C(C)=O)[C@H](C)[C@H]2N(CCCCn3cc(-c4cccnn4)nn3)C(=O)O[C@]12C. The summed E-state index contributed by atoms with van der Waals surface area (Å²) in [7, 11) is 5.30. The molecule has 3 fully saturated rings. The van der Waals surface area contributed by atoms with Gasteiger partial charge in [0.1, 0.15) is 29.5 Å². The largest absolute Gasteiger partial charge is 0.458 e.